The molecule has 2 N–H and O–H groups in total. The maximum absolute atomic E-state index is 13.3. The molecule has 0 spiro atoms. The predicted octanol–water partition coefficient (Wildman–Crippen LogP) is 3.62. The Kier molecular flexibility index (Phi) is 3.50. The van der Waals surface area contributed by atoms with Gasteiger partial charge in [-0.15, -0.1) is 0 Å². The zero-order chi connectivity index (χ0) is 12.4. The molecule has 2 nitrogen and oxygen atoms in total. The summed E-state index contributed by atoms with van der Waals surface area (Å²) in [6.45, 7) is 1.86. The van der Waals surface area contributed by atoms with Crippen LogP contribution in [0.2, 0.25) is 5.02 Å². The van der Waals surface area contributed by atoms with Crippen LogP contribution in [0.15, 0.2) is 34.9 Å². The topological polar surface area (TPSA) is 39.2 Å². The van der Waals surface area contributed by atoms with E-state index in [9.17, 15) is 4.39 Å². The first kappa shape index (κ1) is 12.1. The summed E-state index contributed by atoms with van der Waals surface area (Å²) in [6, 6.07) is 6.38. The molecule has 4 heteroatoms. The third-order valence-electron chi connectivity index (χ3n) is 2.74. The van der Waals surface area contributed by atoms with Gasteiger partial charge in [-0.25, -0.2) is 4.39 Å². The van der Waals surface area contributed by atoms with Crippen molar-refractivity contribution in [2.75, 3.05) is 0 Å². The standard InChI is InChI=1S/C13H13ClFNO/c1-8-10(4-5-17-8)13(16)7-9-2-3-11(14)12(15)6-9/h2-6,13H,7,16H2,1H3. The fraction of sp³-hybridized carbons (Fsp3) is 0.231. The molecule has 1 aromatic heterocycles. The van der Waals surface area contributed by atoms with Gasteiger partial charge in [-0.05, 0) is 37.1 Å². The van der Waals surface area contributed by atoms with E-state index >= 15 is 0 Å². The van der Waals surface area contributed by atoms with E-state index in [-0.39, 0.29) is 11.1 Å². The number of hydrogen-bond acceptors (Lipinski definition) is 2. The predicted molar refractivity (Wildman–Crippen MR) is 65.5 cm³/mol. The lowest BCUT2D eigenvalue weighted by molar-refractivity contribution is 0.523. The first-order valence-electron chi connectivity index (χ1n) is 5.31. The van der Waals surface area contributed by atoms with Crippen LogP contribution in [-0.2, 0) is 6.42 Å². The second-order valence-corrected chi connectivity index (χ2v) is 4.40. The molecular formula is C13H13ClFNO. The minimum Gasteiger partial charge on any atom is -0.469 e. The molecule has 0 bridgehead atoms. The van der Waals surface area contributed by atoms with Crippen LogP contribution >= 0.6 is 11.6 Å². The quantitative estimate of drug-likeness (QED) is 0.907. The number of hydrogen-bond donors (Lipinski definition) is 1. The number of benzene rings is 1. The van der Waals surface area contributed by atoms with Crippen molar-refractivity contribution in [3.8, 4) is 0 Å². The Balaban J connectivity index is 2.16. The molecule has 1 heterocycles. The van der Waals surface area contributed by atoms with Gasteiger partial charge in [0.25, 0.3) is 0 Å². The molecule has 0 amide bonds. The van der Waals surface area contributed by atoms with E-state index in [1.807, 2.05) is 13.0 Å². The van der Waals surface area contributed by atoms with Crippen molar-refractivity contribution < 1.29 is 8.81 Å². The van der Waals surface area contributed by atoms with E-state index in [0.717, 1.165) is 16.9 Å². The monoisotopic (exact) mass is 253 g/mol. The maximum Gasteiger partial charge on any atom is 0.142 e. The van der Waals surface area contributed by atoms with Gasteiger partial charge in [-0.3, -0.25) is 0 Å². The summed E-state index contributed by atoms with van der Waals surface area (Å²) in [6.07, 6.45) is 2.15. The average molecular weight is 254 g/mol. The molecule has 1 atom stereocenters. The Bertz CT molecular complexity index is 524. The summed E-state index contributed by atoms with van der Waals surface area (Å²) in [5.41, 5.74) is 7.81. The van der Waals surface area contributed by atoms with Gasteiger partial charge in [0.2, 0.25) is 0 Å². The van der Waals surface area contributed by atoms with Gasteiger partial charge < -0.3 is 10.2 Å². The third-order valence-corrected chi connectivity index (χ3v) is 3.04. The molecule has 2 aromatic rings. The van der Waals surface area contributed by atoms with Crippen LogP contribution in [0.3, 0.4) is 0 Å². The van der Waals surface area contributed by atoms with Crippen LogP contribution in [0.25, 0.3) is 0 Å². The Labute approximate surface area is 104 Å². The van der Waals surface area contributed by atoms with Crippen molar-refractivity contribution in [1.29, 1.82) is 0 Å². The second-order valence-electron chi connectivity index (χ2n) is 3.99. The molecule has 17 heavy (non-hydrogen) atoms. The van der Waals surface area contributed by atoms with E-state index in [1.54, 1.807) is 18.4 Å². The van der Waals surface area contributed by atoms with Crippen molar-refractivity contribution in [2.24, 2.45) is 5.73 Å². The lowest BCUT2D eigenvalue weighted by atomic mass is 10.0. The number of nitrogens with two attached hydrogens (primary N) is 1. The van der Waals surface area contributed by atoms with E-state index in [2.05, 4.69) is 0 Å². The van der Waals surface area contributed by atoms with Gasteiger partial charge in [-0.2, -0.15) is 0 Å². The molecule has 0 saturated carbocycles. The van der Waals surface area contributed by atoms with Crippen LogP contribution in [0.4, 0.5) is 4.39 Å². The molecule has 90 valence electrons. The molecule has 1 aromatic carbocycles. The van der Waals surface area contributed by atoms with Crippen molar-refractivity contribution in [3.63, 3.8) is 0 Å². The summed E-state index contributed by atoms with van der Waals surface area (Å²) in [5.74, 6) is 0.382. The van der Waals surface area contributed by atoms with Gasteiger partial charge in [-0.1, -0.05) is 17.7 Å². The number of aryl methyl sites for hydroxylation is 1. The van der Waals surface area contributed by atoms with Gasteiger partial charge in [0.05, 0.1) is 11.3 Å². The molecule has 0 aliphatic carbocycles. The van der Waals surface area contributed by atoms with Gasteiger partial charge >= 0.3 is 0 Å². The highest BCUT2D eigenvalue weighted by Crippen LogP contribution is 2.22. The first-order chi connectivity index (χ1) is 8.08. The highest BCUT2D eigenvalue weighted by Gasteiger charge is 2.12. The zero-order valence-corrected chi connectivity index (χ0v) is 10.2. The van der Waals surface area contributed by atoms with Crippen molar-refractivity contribution in [3.05, 3.63) is 58.3 Å². The van der Waals surface area contributed by atoms with E-state index < -0.39 is 5.82 Å². The highest BCUT2D eigenvalue weighted by molar-refractivity contribution is 6.30. The fourth-order valence-electron chi connectivity index (χ4n) is 1.81. The smallest absolute Gasteiger partial charge is 0.142 e. The number of halogens is 2. The third kappa shape index (κ3) is 2.68. The Morgan fingerprint density at radius 3 is 2.76 bits per heavy atom. The van der Waals surface area contributed by atoms with Crippen molar-refractivity contribution in [1.82, 2.24) is 0 Å². The highest BCUT2D eigenvalue weighted by atomic mass is 35.5. The molecule has 0 aliphatic rings. The molecule has 0 saturated heterocycles. The van der Waals surface area contributed by atoms with Crippen LogP contribution < -0.4 is 5.73 Å². The van der Waals surface area contributed by atoms with Crippen LogP contribution in [-0.4, -0.2) is 0 Å². The normalized spacial score (nSPS) is 12.7. The average Bonchev–Trinajstić information content (AvgIpc) is 2.70. The summed E-state index contributed by atoms with van der Waals surface area (Å²) in [5, 5.41) is 0.127. The lowest BCUT2D eigenvalue weighted by Gasteiger charge is -2.11. The minimum absolute atomic E-state index is 0.127. The first-order valence-corrected chi connectivity index (χ1v) is 5.69. The van der Waals surface area contributed by atoms with Gasteiger partial charge in [0.15, 0.2) is 0 Å². The zero-order valence-electron chi connectivity index (χ0n) is 9.41. The summed E-state index contributed by atoms with van der Waals surface area (Å²) >= 11 is 5.62. The minimum atomic E-state index is -0.416. The fourth-order valence-corrected chi connectivity index (χ4v) is 1.93. The van der Waals surface area contributed by atoms with Crippen molar-refractivity contribution >= 4 is 11.6 Å². The largest absolute Gasteiger partial charge is 0.469 e. The summed E-state index contributed by atoms with van der Waals surface area (Å²) in [7, 11) is 0. The second kappa shape index (κ2) is 4.90. The molecule has 1 unspecified atom stereocenters. The van der Waals surface area contributed by atoms with Crippen LogP contribution in [0.5, 0.6) is 0 Å². The summed E-state index contributed by atoms with van der Waals surface area (Å²) in [4.78, 5) is 0. The van der Waals surface area contributed by atoms with E-state index in [0.29, 0.717) is 6.42 Å². The number of rotatable bonds is 3. The van der Waals surface area contributed by atoms with Crippen LogP contribution in [0, 0.1) is 12.7 Å². The molecule has 0 radical (unpaired) electrons. The van der Waals surface area contributed by atoms with E-state index in [4.69, 9.17) is 21.8 Å². The Morgan fingerprint density at radius 2 is 2.18 bits per heavy atom. The Morgan fingerprint density at radius 1 is 1.41 bits per heavy atom. The molecule has 0 aliphatic heterocycles. The Hall–Kier alpha value is -1.32. The molecular weight excluding hydrogens is 241 g/mol. The maximum atomic E-state index is 13.3. The van der Waals surface area contributed by atoms with Crippen molar-refractivity contribution in [2.45, 2.75) is 19.4 Å². The van der Waals surface area contributed by atoms with Gasteiger partial charge in [0, 0.05) is 11.6 Å². The van der Waals surface area contributed by atoms with Gasteiger partial charge in [0.1, 0.15) is 11.6 Å². The SMILES string of the molecule is Cc1occc1C(N)Cc1ccc(Cl)c(F)c1. The van der Waals surface area contributed by atoms with E-state index in [1.165, 1.54) is 6.07 Å². The lowest BCUT2D eigenvalue weighted by Crippen LogP contribution is -2.13. The number of furan rings is 1. The van der Waals surface area contributed by atoms with Crippen LogP contribution in [0.1, 0.15) is 22.9 Å². The molecule has 2 rings (SSSR count). The summed E-state index contributed by atoms with van der Waals surface area (Å²) < 4.78 is 18.5. The molecule has 0 fully saturated rings.